The topological polar surface area (TPSA) is 0 Å². The van der Waals surface area contributed by atoms with Gasteiger partial charge in [-0.25, -0.2) is 8.78 Å². The highest BCUT2D eigenvalue weighted by Gasteiger charge is 2.92. The summed E-state index contributed by atoms with van der Waals surface area (Å²) in [5, 5.41) is 0. The van der Waals surface area contributed by atoms with Gasteiger partial charge in [0.25, 0.3) is 5.55 Å². The highest BCUT2D eigenvalue weighted by Crippen LogP contribution is 2.62. The van der Waals surface area contributed by atoms with Crippen LogP contribution in [0.2, 0.25) is 0 Å². The summed E-state index contributed by atoms with van der Waals surface area (Å²) >= 11 is 0. The minimum Gasteiger partial charge on any atom is -0.206 e. The van der Waals surface area contributed by atoms with Crippen LogP contribution in [0.1, 0.15) is 12.8 Å². The van der Waals surface area contributed by atoms with Crippen LogP contribution in [0.15, 0.2) is 0 Å². The molecular weight excluding hydrogens is 527 g/mol. The molecule has 0 spiro atoms. The third-order valence-corrected chi connectivity index (χ3v) is 13.2. The fourth-order valence-corrected chi connectivity index (χ4v) is 11.6. The van der Waals surface area contributed by atoms with E-state index in [-0.39, 0.29) is 9.76 Å². The zero-order valence-electron chi connectivity index (χ0n) is 14.3. The molecule has 0 aliphatic carbocycles. The minimum absolute atomic E-state index is 0.201. The van der Waals surface area contributed by atoms with Crippen LogP contribution < -0.4 is 0 Å². The predicted molar refractivity (Wildman–Crippen MR) is 76.9 cm³/mol. The Morgan fingerprint density at radius 2 is 0.800 bits per heavy atom. The first kappa shape index (κ1) is 29.5. The van der Waals surface area contributed by atoms with E-state index >= 15 is 0 Å². The van der Waals surface area contributed by atoms with Gasteiger partial charge < -0.3 is 0 Å². The lowest BCUT2D eigenvalue weighted by Crippen LogP contribution is -2.73. The van der Waals surface area contributed by atoms with E-state index in [1.807, 2.05) is 0 Å². The van der Waals surface area contributed by atoms with E-state index in [4.69, 9.17) is 0 Å². The van der Waals surface area contributed by atoms with Crippen LogP contribution in [-0.4, -0.2) is 74.6 Å². The van der Waals surface area contributed by atoms with Crippen molar-refractivity contribution < 1.29 is 74.6 Å². The third-order valence-electron chi connectivity index (χ3n) is 3.78. The lowest BCUT2D eigenvalue weighted by atomic mass is 9.90. The molecule has 0 rings (SSSR count). The maximum atomic E-state index is 13.4. The summed E-state index contributed by atoms with van der Waals surface area (Å²) < 4.78 is 222. The molecular formula is C10H11F17Si3. The lowest BCUT2D eigenvalue weighted by Gasteiger charge is -2.42. The van der Waals surface area contributed by atoms with Gasteiger partial charge >= 0.3 is 41.7 Å². The highest BCUT2D eigenvalue weighted by atomic mass is 29.5. The van der Waals surface area contributed by atoms with Gasteiger partial charge in [-0.3, -0.25) is 0 Å². The van der Waals surface area contributed by atoms with Gasteiger partial charge in [-0.1, -0.05) is 0 Å². The Hall–Kier alpha value is -0.539. The van der Waals surface area contributed by atoms with Gasteiger partial charge in [0, 0.05) is 21.4 Å². The molecule has 0 saturated heterocycles. The molecule has 182 valence electrons. The monoisotopic (exact) mass is 538 g/mol. The molecule has 0 radical (unpaired) electrons. The quantitative estimate of drug-likeness (QED) is 0.296. The van der Waals surface area contributed by atoms with Crippen molar-refractivity contribution in [3.63, 3.8) is 0 Å². The summed E-state index contributed by atoms with van der Waals surface area (Å²) in [5.74, 6) is -46.2. The summed E-state index contributed by atoms with van der Waals surface area (Å²) in [6, 6.07) is 0. The molecule has 30 heavy (non-hydrogen) atoms. The first-order valence-electron chi connectivity index (χ1n) is 7.48. The van der Waals surface area contributed by atoms with Gasteiger partial charge in [0.2, 0.25) is 0 Å². The van der Waals surface area contributed by atoms with Crippen molar-refractivity contribution in [1.29, 1.82) is 0 Å². The molecule has 0 heterocycles. The van der Waals surface area contributed by atoms with Crippen LogP contribution in [0.25, 0.3) is 0 Å². The van der Waals surface area contributed by atoms with E-state index in [9.17, 15) is 74.6 Å². The standard InChI is InChI=1S/C10H11F17Si3/c11-3(12,1-2-4(13,14)15)5(16,17)6(18,19)7(20,21)8(22,23)9(24,25)10(26,27)29-30-28/h1-2,29-30H2,28H3. The fraction of sp³-hybridized carbons (Fsp3) is 1.00. The molecule has 0 aliphatic heterocycles. The van der Waals surface area contributed by atoms with E-state index in [1.165, 1.54) is 0 Å². The van der Waals surface area contributed by atoms with Crippen molar-refractivity contribution in [3.8, 4) is 0 Å². The zero-order chi connectivity index (χ0) is 24.8. The summed E-state index contributed by atoms with van der Waals surface area (Å²) in [6.07, 6.45) is -12.0. The molecule has 20 heteroatoms. The second-order valence-electron chi connectivity index (χ2n) is 6.15. The Bertz CT molecular complexity index is 595. The van der Waals surface area contributed by atoms with Gasteiger partial charge in [-0.2, -0.15) is 65.9 Å². The minimum atomic E-state index is -8.21. The summed E-state index contributed by atoms with van der Waals surface area (Å²) in [6.45, 7) is 0. The Kier molecular flexibility index (Phi) is 7.96. The zero-order valence-corrected chi connectivity index (χ0v) is 19.1. The maximum Gasteiger partial charge on any atom is 0.389 e. The molecule has 0 unspecified atom stereocenters. The summed E-state index contributed by atoms with van der Waals surface area (Å²) in [4.78, 5) is 0. The summed E-state index contributed by atoms with van der Waals surface area (Å²) in [7, 11) is -5.79. The van der Waals surface area contributed by atoms with Crippen molar-refractivity contribution in [2.75, 3.05) is 0 Å². The van der Waals surface area contributed by atoms with Gasteiger partial charge in [-0.15, -0.1) is 0 Å². The molecule has 0 amide bonds. The van der Waals surface area contributed by atoms with E-state index < -0.39 is 77.7 Å². The second kappa shape index (κ2) is 8.10. The second-order valence-corrected chi connectivity index (χ2v) is 22.0. The highest BCUT2D eigenvalue weighted by molar-refractivity contribution is 7.24. The molecule has 0 N–H and O–H groups in total. The molecule has 0 aromatic carbocycles. The van der Waals surface area contributed by atoms with Crippen LogP contribution in [0.4, 0.5) is 74.6 Å². The van der Waals surface area contributed by atoms with Crippen molar-refractivity contribution in [3.05, 3.63) is 0 Å². The normalized spacial score (nSPS) is 17.1. The van der Waals surface area contributed by atoms with Gasteiger partial charge in [-0.05, 0) is 9.76 Å². The predicted octanol–water partition coefficient (Wildman–Crippen LogP) is 3.27. The van der Waals surface area contributed by atoms with Crippen LogP contribution >= 0.6 is 0 Å². The first-order chi connectivity index (χ1) is 12.8. The fourth-order valence-electron chi connectivity index (χ4n) is 1.98. The number of alkyl halides is 17. The summed E-state index contributed by atoms with van der Waals surface area (Å²) in [5.41, 5.74) is -5.95. The van der Waals surface area contributed by atoms with Crippen molar-refractivity contribution in [1.82, 2.24) is 0 Å². The number of hydrogen-bond acceptors (Lipinski definition) is 0. The van der Waals surface area contributed by atoms with E-state index in [2.05, 4.69) is 0 Å². The molecule has 0 saturated carbocycles. The largest absolute Gasteiger partial charge is 0.389 e. The molecule has 0 nitrogen and oxygen atoms in total. The van der Waals surface area contributed by atoms with Crippen molar-refractivity contribution >= 4 is 27.4 Å². The third kappa shape index (κ3) is 4.63. The Balaban J connectivity index is 6.39. The average Bonchev–Trinajstić information content (AvgIpc) is 2.51. The molecule has 0 aromatic rings. The molecule has 0 fully saturated rings. The number of halogens is 17. The Morgan fingerprint density at radius 1 is 0.467 bits per heavy atom. The lowest BCUT2D eigenvalue weighted by molar-refractivity contribution is -0.436. The van der Waals surface area contributed by atoms with E-state index in [1.54, 1.807) is 0 Å². The van der Waals surface area contributed by atoms with Crippen LogP contribution in [0.5, 0.6) is 0 Å². The Morgan fingerprint density at radius 3 is 1.13 bits per heavy atom. The van der Waals surface area contributed by atoms with Crippen molar-refractivity contribution in [2.45, 2.75) is 60.1 Å². The van der Waals surface area contributed by atoms with Crippen molar-refractivity contribution in [2.24, 2.45) is 0 Å². The van der Waals surface area contributed by atoms with E-state index in [0.717, 1.165) is 0 Å². The van der Waals surface area contributed by atoms with E-state index in [0.29, 0.717) is 0 Å². The average molecular weight is 538 g/mol. The van der Waals surface area contributed by atoms with Crippen LogP contribution in [-0.2, 0) is 0 Å². The molecule has 0 atom stereocenters. The molecule has 0 bridgehead atoms. The first-order valence-corrected chi connectivity index (χ1v) is 17.8. The molecule has 0 aromatic heterocycles. The van der Waals surface area contributed by atoms with Crippen LogP contribution in [0, 0.1) is 0 Å². The smallest absolute Gasteiger partial charge is 0.206 e. The number of hydrogen-bond donors (Lipinski definition) is 0. The Labute approximate surface area is 163 Å². The SMILES string of the molecule is FC(F)(F)CCC(F)(F)C(F)(F)C(F)(F)C(F)(F)C(F)(F)C(F)(F)C(F)(F)[SiH2][SiH2][SiH3]. The van der Waals surface area contributed by atoms with Crippen LogP contribution in [0.3, 0.4) is 0 Å². The maximum absolute atomic E-state index is 13.4. The molecule has 0 aliphatic rings. The number of rotatable bonds is 10. The van der Waals surface area contributed by atoms with Gasteiger partial charge in [0.05, 0.1) is 9.04 Å². The van der Waals surface area contributed by atoms with Gasteiger partial charge in [0.1, 0.15) is 0 Å². The van der Waals surface area contributed by atoms with Gasteiger partial charge in [0.15, 0.2) is 0 Å².